The van der Waals surface area contributed by atoms with E-state index in [0.29, 0.717) is 26.1 Å². The Labute approximate surface area is 143 Å². The Morgan fingerprint density at radius 1 is 1.29 bits per heavy atom. The first kappa shape index (κ1) is 17.0. The number of piperazine rings is 1. The highest BCUT2D eigenvalue weighted by atomic mass is 32.2. The van der Waals surface area contributed by atoms with Crippen molar-refractivity contribution in [1.29, 1.82) is 0 Å². The van der Waals surface area contributed by atoms with E-state index in [0.717, 1.165) is 18.9 Å². The van der Waals surface area contributed by atoms with Gasteiger partial charge in [0.2, 0.25) is 0 Å². The molecule has 0 aliphatic carbocycles. The van der Waals surface area contributed by atoms with Crippen molar-refractivity contribution in [3.8, 4) is 0 Å². The average Bonchev–Trinajstić information content (AvgIpc) is 2.96. The summed E-state index contributed by atoms with van der Waals surface area (Å²) < 4.78 is 23.4. The van der Waals surface area contributed by atoms with Gasteiger partial charge in [0.25, 0.3) is 0 Å². The van der Waals surface area contributed by atoms with Crippen LogP contribution in [0.5, 0.6) is 0 Å². The van der Waals surface area contributed by atoms with E-state index in [2.05, 4.69) is 9.88 Å². The van der Waals surface area contributed by atoms with Gasteiger partial charge in [-0.15, -0.1) is 0 Å². The fraction of sp³-hybridized carbons (Fsp3) is 0.625. The van der Waals surface area contributed by atoms with Crippen LogP contribution in [0.3, 0.4) is 0 Å². The predicted octanol–water partition coefficient (Wildman–Crippen LogP) is 0.833. The van der Waals surface area contributed by atoms with Crippen LogP contribution in [0, 0.1) is 0 Å². The quantitative estimate of drug-likeness (QED) is 0.806. The summed E-state index contributed by atoms with van der Waals surface area (Å²) in [5, 5.41) is 0. The van der Waals surface area contributed by atoms with E-state index in [1.807, 2.05) is 30.0 Å². The SMILES string of the molecule is CCN(C(=O)N1CCN(c2ccccn2)CC1)C1CCS(=O)(=O)C1. The molecule has 0 radical (unpaired) electrons. The Kier molecular flexibility index (Phi) is 4.93. The van der Waals surface area contributed by atoms with E-state index in [1.54, 1.807) is 11.1 Å². The van der Waals surface area contributed by atoms with Crippen LogP contribution in [0.2, 0.25) is 0 Å². The second kappa shape index (κ2) is 6.96. The van der Waals surface area contributed by atoms with Crippen molar-refractivity contribution in [2.75, 3.05) is 49.1 Å². The number of anilines is 1. The number of carbonyl (C=O) groups excluding carboxylic acids is 1. The Balaban J connectivity index is 1.60. The van der Waals surface area contributed by atoms with Crippen LogP contribution in [-0.4, -0.2) is 79.5 Å². The molecule has 1 aromatic heterocycles. The van der Waals surface area contributed by atoms with Crippen LogP contribution in [0.15, 0.2) is 24.4 Å². The van der Waals surface area contributed by atoms with Crippen molar-refractivity contribution in [2.45, 2.75) is 19.4 Å². The molecule has 0 bridgehead atoms. The standard InChI is InChI=1S/C16H24N4O3S/c1-2-20(14-6-12-24(22,23)13-14)16(21)19-10-8-18(9-11-19)15-5-3-4-7-17-15/h3-5,7,14H,2,6,8-13H2,1H3. The lowest BCUT2D eigenvalue weighted by Gasteiger charge is -2.39. The summed E-state index contributed by atoms with van der Waals surface area (Å²) in [5.74, 6) is 1.22. The van der Waals surface area contributed by atoms with E-state index in [4.69, 9.17) is 0 Å². The smallest absolute Gasteiger partial charge is 0.320 e. The maximum Gasteiger partial charge on any atom is 0.320 e. The molecule has 1 aromatic rings. The molecular formula is C16H24N4O3S. The van der Waals surface area contributed by atoms with Crippen LogP contribution in [0.1, 0.15) is 13.3 Å². The van der Waals surface area contributed by atoms with Gasteiger partial charge in [0.05, 0.1) is 11.5 Å². The first-order valence-electron chi connectivity index (χ1n) is 8.42. The van der Waals surface area contributed by atoms with Gasteiger partial charge in [0.1, 0.15) is 5.82 Å². The first-order chi connectivity index (χ1) is 11.5. The first-order valence-corrected chi connectivity index (χ1v) is 10.2. The Hall–Kier alpha value is -1.83. The number of hydrogen-bond donors (Lipinski definition) is 0. The zero-order valence-electron chi connectivity index (χ0n) is 14.0. The molecular weight excluding hydrogens is 328 g/mol. The molecule has 3 heterocycles. The fourth-order valence-electron chi connectivity index (χ4n) is 3.42. The van der Waals surface area contributed by atoms with Crippen LogP contribution in [0.4, 0.5) is 10.6 Å². The number of rotatable bonds is 3. The monoisotopic (exact) mass is 352 g/mol. The van der Waals surface area contributed by atoms with Crippen molar-refractivity contribution in [3.63, 3.8) is 0 Å². The number of nitrogens with zero attached hydrogens (tertiary/aromatic N) is 4. The van der Waals surface area contributed by atoms with E-state index in [-0.39, 0.29) is 23.6 Å². The number of carbonyl (C=O) groups is 1. The Bertz CT molecular complexity index is 672. The molecule has 7 nitrogen and oxygen atoms in total. The molecule has 1 atom stereocenters. The Morgan fingerprint density at radius 2 is 2.04 bits per heavy atom. The molecule has 0 aromatic carbocycles. The number of amides is 2. The zero-order chi connectivity index (χ0) is 17.2. The summed E-state index contributed by atoms with van der Waals surface area (Å²) in [7, 11) is -2.99. The van der Waals surface area contributed by atoms with Crippen molar-refractivity contribution in [1.82, 2.24) is 14.8 Å². The van der Waals surface area contributed by atoms with Crippen LogP contribution in [0.25, 0.3) is 0 Å². The van der Waals surface area contributed by atoms with Crippen LogP contribution < -0.4 is 4.90 Å². The third kappa shape index (κ3) is 3.63. The largest absolute Gasteiger partial charge is 0.353 e. The van der Waals surface area contributed by atoms with Gasteiger partial charge < -0.3 is 14.7 Å². The number of hydrogen-bond acceptors (Lipinski definition) is 5. The van der Waals surface area contributed by atoms with Gasteiger partial charge in [-0.1, -0.05) is 6.07 Å². The van der Waals surface area contributed by atoms with Gasteiger partial charge in [-0.2, -0.15) is 0 Å². The third-order valence-electron chi connectivity index (χ3n) is 4.76. The second-order valence-electron chi connectivity index (χ2n) is 6.29. The minimum Gasteiger partial charge on any atom is -0.353 e. The normalized spacial score (nSPS) is 23.3. The fourth-order valence-corrected chi connectivity index (χ4v) is 5.15. The summed E-state index contributed by atoms with van der Waals surface area (Å²) in [5.41, 5.74) is 0. The van der Waals surface area contributed by atoms with Gasteiger partial charge in [-0.05, 0) is 25.5 Å². The topological polar surface area (TPSA) is 73.8 Å². The lowest BCUT2D eigenvalue weighted by atomic mass is 10.2. The van der Waals surface area contributed by atoms with Crippen molar-refractivity contribution < 1.29 is 13.2 Å². The van der Waals surface area contributed by atoms with Gasteiger partial charge in [0, 0.05) is 45.0 Å². The molecule has 0 N–H and O–H groups in total. The van der Waals surface area contributed by atoms with Crippen molar-refractivity contribution in [3.05, 3.63) is 24.4 Å². The number of aromatic nitrogens is 1. The minimum atomic E-state index is -2.99. The van der Waals surface area contributed by atoms with Crippen molar-refractivity contribution >= 4 is 21.7 Å². The molecule has 2 amide bonds. The van der Waals surface area contributed by atoms with Gasteiger partial charge in [0.15, 0.2) is 9.84 Å². The summed E-state index contributed by atoms with van der Waals surface area (Å²) in [4.78, 5) is 22.9. The van der Waals surface area contributed by atoms with E-state index < -0.39 is 9.84 Å². The van der Waals surface area contributed by atoms with E-state index in [1.165, 1.54) is 0 Å². The second-order valence-corrected chi connectivity index (χ2v) is 8.52. The van der Waals surface area contributed by atoms with E-state index >= 15 is 0 Å². The van der Waals surface area contributed by atoms with Gasteiger partial charge in [-0.3, -0.25) is 0 Å². The summed E-state index contributed by atoms with van der Waals surface area (Å²) >= 11 is 0. The van der Waals surface area contributed by atoms with Crippen LogP contribution >= 0.6 is 0 Å². The molecule has 2 aliphatic heterocycles. The molecule has 132 valence electrons. The highest BCUT2D eigenvalue weighted by Gasteiger charge is 2.36. The molecule has 2 fully saturated rings. The molecule has 0 saturated carbocycles. The summed E-state index contributed by atoms with van der Waals surface area (Å²) in [6.45, 7) is 5.19. The number of pyridine rings is 1. The molecule has 2 aliphatic rings. The van der Waals surface area contributed by atoms with Gasteiger partial charge >= 0.3 is 6.03 Å². The van der Waals surface area contributed by atoms with Gasteiger partial charge in [-0.25, -0.2) is 18.2 Å². The zero-order valence-corrected chi connectivity index (χ0v) is 14.8. The molecule has 24 heavy (non-hydrogen) atoms. The van der Waals surface area contributed by atoms with Crippen molar-refractivity contribution in [2.24, 2.45) is 0 Å². The molecule has 2 saturated heterocycles. The highest BCUT2D eigenvalue weighted by Crippen LogP contribution is 2.20. The lowest BCUT2D eigenvalue weighted by Crippen LogP contribution is -2.55. The maximum absolute atomic E-state index is 12.8. The lowest BCUT2D eigenvalue weighted by molar-refractivity contribution is 0.138. The maximum atomic E-state index is 12.8. The average molecular weight is 352 g/mol. The molecule has 1 unspecified atom stereocenters. The third-order valence-corrected chi connectivity index (χ3v) is 6.51. The molecule has 3 rings (SSSR count). The van der Waals surface area contributed by atoms with E-state index in [9.17, 15) is 13.2 Å². The minimum absolute atomic E-state index is 0.0414. The summed E-state index contributed by atoms with van der Waals surface area (Å²) in [6.07, 6.45) is 2.32. The molecule has 0 spiro atoms. The summed E-state index contributed by atoms with van der Waals surface area (Å²) in [6, 6.07) is 5.60. The van der Waals surface area contributed by atoms with Crippen LogP contribution in [-0.2, 0) is 9.84 Å². The Morgan fingerprint density at radius 3 is 2.58 bits per heavy atom. The highest BCUT2D eigenvalue weighted by molar-refractivity contribution is 7.91. The predicted molar refractivity (Wildman–Crippen MR) is 92.9 cm³/mol. The molecule has 8 heteroatoms. The number of urea groups is 1. The number of sulfone groups is 1.